The third-order valence-electron chi connectivity index (χ3n) is 2.63. The first kappa shape index (κ1) is 7.87. The molecule has 0 saturated heterocycles. The third-order valence-corrected chi connectivity index (χ3v) is 2.63. The van der Waals surface area contributed by atoms with Gasteiger partial charge in [0, 0.05) is 17.6 Å². The van der Waals surface area contributed by atoms with Crippen LogP contribution in [0.3, 0.4) is 0 Å². The minimum Gasteiger partial charge on any atom is -0.472 e. The van der Waals surface area contributed by atoms with Crippen LogP contribution in [-0.2, 0) is 0 Å². The maximum Gasteiger partial charge on any atom is 0.0950 e. The zero-order valence-electron chi connectivity index (χ0n) is 7.42. The van der Waals surface area contributed by atoms with E-state index in [0.717, 1.165) is 6.04 Å². The quantitative estimate of drug-likeness (QED) is 0.744. The van der Waals surface area contributed by atoms with E-state index in [4.69, 9.17) is 4.42 Å². The lowest BCUT2D eigenvalue weighted by molar-refractivity contribution is 0.312. The third kappa shape index (κ3) is 1.53. The molecule has 0 spiro atoms. The van der Waals surface area contributed by atoms with Crippen molar-refractivity contribution in [3.05, 3.63) is 24.2 Å². The van der Waals surface area contributed by atoms with Crippen LogP contribution < -0.4 is 5.32 Å². The molecule has 12 heavy (non-hydrogen) atoms. The van der Waals surface area contributed by atoms with E-state index in [2.05, 4.69) is 12.2 Å². The summed E-state index contributed by atoms with van der Waals surface area (Å²) in [6, 6.07) is 3.21. The minimum absolute atomic E-state index is 0.439. The second-order valence-corrected chi connectivity index (χ2v) is 3.57. The van der Waals surface area contributed by atoms with Gasteiger partial charge in [0.1, 0.15) is 0 Å². The van der Waals surface area contributed by atoms with E-state index in [1.807, 2.05) is 12.3 Å². The molecule has 0 aromatic carbocycles. The highest BCUT2D eigenvalue weighted by Gasteiger charge is 2.19. The molecule has 0 radical (unpaired) electrons. The molecule has 1 N–H and O–H groups in total. The summed E-state index contributed by atoms with van der Waals surface area (Å²) >= 11 is 0. The van der Waals surface area contributed by atoms with Crippen molar-refractivity contribution in [3.8, 4) is 0 Å². The van der Waals surface area contributed by atoms with E-state index in [-0.39, 0.29) is 0 Å². The topological polar surface area (TPSA) is 25.2 Å². The number of hydrogen-bond acceptors (Lipinski definition) is 2. The van der Waals surface area contributed by atoms with Crippen LogP contribution in [0.15, 0.2) is 23.0 Å². The first-order chi connectivity index (χ1) is 5.86. The molecule has 1 fully saturated rings. The van der Waals surface area contributed by atoms with Crippen LogP contribution in [-0.4, -0.2) is 6.04 Å². The van der Waals surface area contributed by atoms with Crippen molar-refractivity contribution in [2.45, 2.75) is 38.3 Å². The second-order valence-electron chi connectivity index (χ2n) is 3.57. The van der Waals surface area contributed by atoms with Crippen LogP contribution in [0.2, 0.25) is 0 Å². The van der Waals surface area contributed by atoms with Crippen molar-refractivity contribution < 1.29 is 4.42 Å². The van der Waals surface area contributed by atoms with E-state index in [0.29, 0.717) is 6.04 Å². The van der Waals surface area contributed by atoms with Crippen LogP contribution in [0.1, 0.15) is 37.8 Å². The SMILES string of the molecule is CC(NC1CCC1)c1ccoc1. The molecule has 0 bridgehead atoms. The van der Waals surface area contributed by atoms with E-state index in [1.54, 1.807) is 6.26 Å². The van der Waals surface area contributed by atoms with Gasteiger partial charge in [-0.3, -0.25) is 0 Å². The largest absolute Gasteiger partial charge is 0.472 e. The standard InChI is InChI=1S/C10H15NO/c1-8(9-5-6-12-7-9)11-10-3-2-4-10/h5-8,10-11H,2-4H2,1H3. The van der Waals surface area contributed by atoms with Crippen LogP contribution in [0.4, 0.5) is 0 Å². The molecule has 0 amide bonds. The summed E-state index contributed by atoms with van der Waals surface area (Å²) in [4.78, 5) is 0. The number of nitrogens with one attached hydrogen (secondary N) is 1. The highest BCUT2D eigenvalue weighted by atomic mass is 16.3. The van der Waals surface area contributed by atoms with Gasteiger partial charge in [0.2, 0.25) is 0 Å². The normalized spacial score (nSPS) is 20.4. The van der Waals surface area contributed by atoms with E-state index >= 15 is 0 Å². The zero-order valence-corrected chi connectivity index (χ0v) is 7.42. The van der Waals surface area contributed by atoms with Crippen LogP contribution in [0.25, 0.3) is 0 Å². The first-order valence-electron chi connectivity index (χ1n) is 4.64. The lowest BCUT2D eigenvalue weighted by Gasteiger charge is -2.29. The summed E-state index contributed by atoms with van der Waals surface area (Å²) in [5.74, 6) is 0. The fourth-order valence-electron chi connectivity index (χ4n) is 1.55. The molecule has 1 aromatic rings. The fraction of sp³-hybridized carbons (Fsp3) is 0.600. The maximum atomic E-state index is 5.03. The summed E-state index contributed by atoms with van der Waals surface area (Å²) in [7, 11) is 0. The highest BCUT2D eigenvalue weighted by Crippen LogP contribution is 2.22. The first-order valence-corrected chi connectivity index (χ1v) is 4.64. The van der Waals surface area contributed by atoms with E-state index in [1.165, 1.54) is 24.8 Å². The monoisotopic (exact) mass is 165 g/mol. The molecule has 1 heterocycles. The number of hydrogen-bond donors (Lipinski definition) is 1. The van der Waals surface area contributed by atoms with Gasteiger partial charge in [0.15, 0.2) is 0 Å². The average Bonchev–Trinajstić information content (AvgIpc) is 2.47. The van der Waals surface area contributed by atoms with Crippen LogP contribution >= 0.6 is 0 Å². The van der Waals surface area contributed by atoms with E-state index < -0.39 is 0 Å². The molecule has 1 unspecified atom stereocenters. The predicted octanol–water partition coefficient (Wildman–Crippen LogP) is 2.48. The van der Waals surface area contributed by atoms with Gasteiger partial charge >= 0.3 is 0 Å². The molecule has 2 heteroatoms. The molecule has 2 rings (SSSR count). The van der Waals surface area contributed by atoms with Gasteiger partial charge in [0.25, 0.3) is 0 Å². The zero-order chi connectivity index (χ0) is 8.39. The van der Waals surface area contributed by atoms with Crippen molar-refractivity contribution in [2.24, 2.45) is 0 Å². The van der Waals surface area contributed by atoms with Gasteiger partial charge < -0.3 is 9.73 Å². The molecule has 1 atom stereocenters. The summed E-state index contributed by atoms with van der Waals surface area (Å²) in [6.45, 7) is 2.18. The summed E-state index contributed by atoms with van der Waals surface area (Å²) in [5, 5.41) is 3.56. The Labute approximate surface area is 73.0 Å². The Balaban J connectivity index is 1.87. The van der Waals surface area contributed by atoms with E-state index in [9.17, 15) is 0 Å². The smallest absolute Gasteiger partial charge is 0.0950 e. The Bertz CT molecular complexity index is 226. The summed E-state index contributed by atoms with van der Waals surface area (Å²) in [5.41, 5.74) is 1.25. The summed E-state index contributed by atoms with van der Waals surface area (Å²) in [6.07, 6.45) is 7.60. The van der Waals surface area contributed by atoms with Crippen LogP contribution in [0, 0.1) is 0 Å². The molecule has 1 saturated carbocycles. The van der Waals surface area contributed by atoms with Crippen LogP contribution in [0.5, 0.6) is 0 Å². The molecule has 0 aliphatic heterocycles. The molecule has 1 aromatic heterocycles. The second kappa shape index (κ2) is 3.31. The number of rotatable bonds is 3. The highest BCUT2D eigenvalue weighted by molar-refractivity contribution is 5.10. The molecule has 1 aliphatic rings. The Morgan fingerprint density at radius 3 is 2.92 bits per heavy atom. The fourth-order valence-corrected chi connectivity index (χ4v) is 1.55. The van der Waals surface area contributed by atoms with Gasteiger partial charge in [-0.05, 0) is 25.8 Å². The van der Waals surface area contributed by atoms with Crippen molar-refractivity contribution >= 4 is 0 Å². The molecule has 66 valence electrons. The van der Waals surface area contributed by atoms with Gasteiger partial charge in [-0.25, -0.2) is 0 Å². The van der Waals surface area contributed by atoms with Crippen molar-refractivity contribution in [2.75, 3.05) is 0 Å². The van der Waals surface area contributed by atoms with Gasteiger partial charge in [-0.2, -0.15) is 0 Å². The Morgan fingerprint density at radius 2 is 2.42 bits per heavy atom. The Morgan fingerprint density at radius 1 is 1.58 bits per heavy atom. The van der Waals surface area contributed by atoms with Crippen molar-refractivity contribution in [1.82, 2.24) is 5.32 Å². The Kier molecular flexibility index (Phi) is 2.17. The molecule has 2 nitrogen and oxygen atoms in total. The molecular formula is C10H15NO. The number of furan rings is 1. The van der Waals surface area contributed by atoms with Gasteiger partial charge in [-0.1, -0.05) is 6.42 Å². The maximum absolute atomic E-state index is 5.03. The lowest BCUT2D eigenvalue weighted by atomic mass is 9.92. The van der Waals surface area contributed by atoms with Gasteiger partial charge in [0.05, 0.1) is 12.5 Å². The van der Waals surface area contributed by atoms with Gasteiger partial charge in [-0.15, -0.1) is 0 Å². The predicted molar refractivity (Wildman–Crippen MR) is 47.9 cm³/mol. The van der Waals surface area contributed by atoms with Crippen molar-refractivity contribution in [1.29, 1.82) is 0 Å². The Hall–Kier alpha value is -0.760. The minimum atomic E-state index is 0.439. The lowest BCUT2D eigenvalue weighted by Crippen LogP contribution is -2.36. The summed E-state index contributed by atoms with van der Waals surface area (Å²) < 4.78 is 5.03. The van der Waals surface area contributed by atoms with Crippen molar-refractivity contribution in [3.63, 3.8) is 0 Å². The molecule has 1 aliphatic carbocycles. The molecular weight excluding hydrogens is 150 g/mol. The average molecular weight is 165 g/mol.